The van der Waals surface area contributed by atoms with Gasteiger partial charge in [-0.2, -0.15) is 0 Å². The summed E-state index contributed by atoms with van der Waals surface area (Å²) in [7, 11) is -10.5. The Morgan fingerprint density at radius 1 is 0.864 bits per heavy atom. The molecular formula is C12H26O8P2. The molecule has 5 N–H and O–H groups in total. The molecule has 0 bridgehead atoms. The van der Waals surface area contributed by atoms with E-state index in [-0.39, 0.29) is 25.7 Å². The number of aliphatic carboxylic acids is 1. The highest BCUT2D eigenvalue weighted by Gasteiger charge is 2.65. The van der Waals surface area contributed by atoms with E-state index in [0.717, 1.165) is 0 Å². The van der Waals surface area contributed by atoms with Crippen LogP contribution in [0.25, 0.3) is 0 Å². The van der Waals surface area contributed by atoms with Crippen LogP contribution in [0.15, 0.2) is 0 Å². The molecule has 0 fully saturated rings. The van der Waals surface area contributed by atoms with Gasteiger partial charge in [-0.05, 0) is 25.7 Å². The summed E-state index contributed by atoms with van der Waals surface area (Å²) in [6.45, 7) is 6.11. The average Bonchev–Trinajstić information content (AvgIpc) is 2.35. The van der Waals surface area contributed by atoms with Crippen molar-refractivity contribution in [1.82, 2.24) is 0 Å². The Hall–Kier alpha value is -0.230. The minimum Gasteiger partial charge on any atom is -0.481 e. The molecule has 0 radical (unpaired) electrons. The lowest BCUT2D eigenvalue weighted by atomic mass is 9.58. The third-order valence-electron chi connectivity index (χ3n) is 4.96. The van der Waals surface area contributed by atoms with E-state index in [2.05, 4.69) is 0 Å². The number of carbonyl (C=O) groups is 1. The van der Waals surface area contributed by atoms with Gasteiger partial charge in [-0.1, -0.05) is 27.7 Å². The molecule has 0 aliphatic heterocycles. The quantitative estimate of drug-likeness (QED) is 0.393. The van der Waals surface area contributed by atoms with Crippen molar-refractivity contribution in [2.45, 2.75) is 58.8 Å². The minimum absolute atomic E-state index is 0.0109. The third kappa shape index (κ3) is 3.48. The van der Waals surface area contributed by atoms with E-state index < -0.39 is 37.4 Å². The first-order valence-electron chi connectivity index (χ1n) is 7.14. The van der Waals surface area contributed by atoms with Gasteiger partial charge in [0.2, 0.25) is 0 Å². The fourth-order valence-corrected chi connectivity index (χ4v) is 7.93. The number of hydrogen-bond donors (Lipinski definition) is 5. The van der Waals surface area contributed by atoms with E-state index in [1.54, 1.807) is 13.8 Å². The Labute approximate surface area is 130 Å². The van der Waals surface area contributed by atoms with Crippen molar-refractivity contribution in [3.8, 4) is 0 Å². The minimum atomic E-state index is -5.24. The van der Waals surface area contributed by atoms with Gasteiger partial charge < -0.3 is 24.7 Å². The Kier molecular flexibility index (Phi) is 7.04. The second-order valence-electron chi connectivity index (χ2n) is 5.51. The van der Waals surface area contributed by atoms with Crippen molar-refractivity contribution in [3.05, 3.63) is 0 Å². The van der Waals surface area contributed by atoms with Crippen LogP contribution >= 0.6 is 15.2 Å². The Morgan fingerprint density at radius 3 is 1.32 bits per heavy atom. The molecule has 0 amide bonds. The normalized spacial score (nSPS) is 14.4. The summed E-state index contributed by atoms with van der Waals surface area (Å²) in [5.41, 5.74) is -3.36. The summed E-state index contributed by atoms with van der Waals surface area (Å²) < 4.78 is 23.7. The van der Waals surface area contributed by atoms with Crippen LogP contribution in [0.2, 0.25) is 0 Å². The van der Waals surface area contributed by atoms with E-state index >= 15 is 0 Å². The molecular weight excluding hydrogens is 334 g/mol. The van der Waals surface area contributed by atoms with Crippen molar-refractivity contribution in [3.63, 3.8) is 0 Å². The van der Waals surface area contributed by atoms with Crippen LogP contribution in [-0.4, -0.2) is 36.0 Å². The summed E-state index contributed by atoms with van der Waals surface area (Å²) in [6, 6.07) is 0. The maximum atomic E-state index is 11.9. The van der Waals surface area contributed by atoms with Gasteiger partial charge in [0, 0.05) is 5.41 Å². The van der Waals surface area contributed by atoms with E-state index in [9.17, 15) is 38.6 Å². The molecule has 0 spiro atoms. The molecule has 10 heteroatoms. The molecule has 132 valence electrons. The molecule has 0 unspecified atom stereocenters. The highest BCUT2D eigenvalue weighted by molar-refractivity contribution is 7.71. The van der Waals surface area contributed by atoms with Crippen molar-refractivity contribution in [2.75, 3.05) is 0 Å². The van der Waals surface area contributed by atoms with Gasteiger partial charge in [0.05, 0.1) is 5.41 Å². The summed E-state index contributed by atoms with van der Waals surface area (Å²) in [6.07, 6.45) is -0.120. The van der Waals surface area contributed by atoms with Crippen LogP contribution in [0.3, 0.4) is 0 Å². The zero-order chi connectivity index (χ0) is 18.0. The van der Waals surface area contributed by atoms with E-state index in [4.69, 9.17) is 0 Å². The molecule has 0 aliphatic carbocycles. The SMILES string of the molecule is CCC(CC)(C(=O)O)C(CC)(CC)C(P(=O)(O)O)P(=O)(O)O. The molecule has 0 aromatic heterocycles. The first-order valence-corrected chi connectivity index (χ1v) is 10.5. The second kappa shape index (κ2) is 7.12. The van der Waals surface area contributed by atoms with Gasteiger partial charge in [0.25, 0.3) is 0 Å². The van der Waals surface area contributed by atoms with Gasteiger partial charge in [-0.25, -0.2) is 0 Å². The van der Waals surface area contributed by atoms with Gasteiger partial charge in [0.1, 0.15) is 0 Å². The predicted octanol–water partition coefficient (Wildman–Crippen LogP) is 2.37. The molecule has 0 rings (SSSR count). The first kappa shape index (κ1) is 21.8. The fourth-order valence-electron chi connectivity index (χ4n) is 3.85. The molecule has 22 heavy (non-hydrogen) atoms. The summed E-state index contributed by atoms with van der Waals surface area (Å²) in [4.78, 5) is 50.2. The number of rotatable bonds is 9. The smallest absolute Gasteiger partial charge is 0.341 e. The van der Waals surface area contributed by atoms with Gasteiger partial charge in [0.15, 0.2) is 5.40 Å². The van der Waals surface area contributed by atoms with E-state index in [1.165, 1.54) is 13.8 Å². The van der Waals surface area contributed by atoms with E-state index in [0.29, 0.717) is 0 Å². The summed E-state index contributed by atoms with van der Waals surface area (Å²) >= 11 is 0. The third-order valence-corrected chi connectivity index (χ3v) is 9.03. The van der Waals surface area contributed by atoms with Gasteiger partial charge in [-0.3, -0.25) is 13.9 Å². The maximum absolute atomic E-state index is 11.9. The zero-order valence-corrected chi connectivity index (χ0v) is 15.0. The summed E-state index contributed by atoms with van der Waals surface area (Å²) in [5.74, 6) is -1.30. The topological polar surface area (TPSA) is 152 Å². The molecule has 0 atom stereocenters. The lowest BCUT2D eigenvalue weighted by molar-refractivity contribution is -0.160. The average molecular weight is 360 g/mol. The highest BCUT2D eigenvalue weighted by atomic mass is 31.2. The van der Waals surface area contributed by atoms with Crippen molar-refractivity contribution >= 4 is 21.2 Å². The second-order valence-corrected chi connectivity index (χ2v) is 9.31. The molecule has 0 aromatic carbocycles. The molecule has 0 saturated heterocycles. The van der Waals surface area contributed by atoms with Crippen molar-refractivity contribution in [1.29, 1.82) is 0 Å². The Balaban J connectivity index is 6.80. The Bertz CT molecular complexity index is 461. The van der Waals surface area contributed by atoms with E-state index in [1.807, 2.05) is 0 Å². The maximum Gasteiger partial charge on any atom is 0.341 e. The summed E-state index contributed by atoms with van der Waals surface area (Å²) in [5, 5.41) is 7.36. The van der Waals surface area contributed by atoms with Gasteiger partial charge >= 0.3 is 21.2 Å². The first-order chi connectivity index (χ1) is 9.80. The fraction of sp³-hybridized carbons (Fsp3) is 0.917. The van der Waals surface area contributed by atoms with Crippen LogP contribution in [0.1, 0.15) is 53.4 Å². The molecule has 0 saturated carbocycles. The van der Waals surface area contributed by atoms with Crippen molar-refractivity contribution in [2.24, 2.45) is 10.8 Å². The molecule has 0 aromatic rings. The Morgan fingerprint density at radius 2 is 1.18 bits per heavy atom. The molecule has 0 heterocycles. The standard InChI is InChI=1S/C12H26O8P2/c1-5-11(6-2,9(13)14)12(7-3,8-4)10(21(15,16)17)22(18,19)20/h10H,5-8H2,1-4H3,(H,13,14)(H2,15,16,17)(H2,18,19,20). The molecule has 0 aliphatic rings. The van der Waals surface area contributed by atoms with Crippen LogP contribution in [0, 0.1) is 10.8 Å². The number of hydrogen-bond acceptors (Lipinski definition) is 3. The lowest BCUT2D eigenvalue weighted by Crippen LogP contribution is -2.53. The monoisotopic (exact) mass is 360 g/mol. The van der Waals surface area contributed by atoms with Gasteiger partial charge in [-0.15, -0.1) is 0 Å². The zero-order valence-electron chi connectivity index (χ0n) is 13.3. The largest absolute Gasteiger partial charge is 0.481 e. The lowest BCUT2D eigenvalue weighted by Gasteiger charge is -2.51. The number of carboxylic acid groups (broad SMARTS) is 1. The predicted molar refractivity (Wildman–Crippen MR) is 81.5 cm³/mol. The van der Waals surface area contributed by atoms with Crippen LogP contribution < -0.4 is 0 Å². The van der Waals surface area contributed by atoms with Crippen LogP contribution in [-0.2, 0) is 13.9 Å². The number of carboxylic acids is 1. The van der Waals surface area contributed by atoms with Crippen LogP contribution in [0.4, 0.5) is 0 Å². The molecule has 8 nitrogen and oxygen atoms in total. The van der Waals surface area contributed by atoms with Crippen molar-refractivity contribution < 1.29 is 38.6 Å². The highest BCUT2D eigenvalue weighted by Crippen LogP contribution is 2.72. The van der Waals surface area contributed by atoms with Crippen LogP contribution in [0.5, 0.6) is 0 Å².